The molecule has 1 N–H and O–H groups in total. The van der Waals surface area contributed by atoms with Crippen LogP contribution in [-0.4, -0.2) is 25.8 Å². The van der Waals surface area contributed by atoms with E-state index < -0.39 is 22.0 Å². The SMILES string of the molecule is O=C(O)c1nn(-c2c(Cl)cccc2[N+](=O)[O-])ccc1=O. The van der Waals surface area contributed by atoms with Crippen molar-refractivity contribution in [2.75, 3.05) is 0 Å². The van der Waals surface area contributed by atoms with Gasteiger partial charge in [0.1, 0.15) is 0 Å². The topological polar surface area (TPSA) is 115 Å². The number of carboxylic acid groups (broad SMARTS) is 1. The van der Waals surface area contributed by atoms with Gasteiger partial charge in [-0.15, -0.1) is 0 Å². The Hall–Kier alpha value is -2.74. The van der Waals surface area contributed by atoms with E-state index in [2.05, 4.69) is 5.10 Å². The predicted octanol–water partition coefficient (Wildman–Crippen LogP) is 1.49. The van der Waals surface area contributed by atoms with Crippen LogP contribution in [0.15, 0.2) is 35.3 Å². The highest BCUT2D eigenvalue weighted by molar-refractivity contribution is 6.32. The van der Waals surface area contributed by atoms with E-state index in [1.54, 1.807) is 0 Å². The maximum atomic E-state index is 11.3. The number of para-hydroxylation sites is 1. The first-order chi connectivity index (χ1) is 9.41. The molecule has 8 nitrogen and oxygen atoms in total. The van der Waals surface area contributed by atoms with Crippen LogP contribution in [0.5, 0.6) is 0 Å². The Morgan fingerprint density at radius 2 is 2.10 bits per heavy atom. The zero-order chi connectivity index (χ0) is 14.9. The molecule has 0 radical (unpaired) electrons. The van der Waals surface area contributed by atoms with Gasteiger partial charge in [-0.05, 0) is 6.07 Å². The lowest BCUT2D eigenvalue weighted by atomic mass is 10.2. The summed E-state index contributed by atoms with van der Waals surface area (Å²) < 4.78 is 0.894. The maximum absolute atomic E-state index is 11.3. The normalized spacial score (nSPS) is 10.2. The number of halogens is 1. The molecule has 102 valence electrons. The van der Waals surface area contributed by atoms with E-state index in [0.717, 1.165) is 16.9 Å². The van der Waals surface area contributed by atoms with E-state index in [0.29, 0.717) is 0 Å². The standard InChI is InChI=1S/C11H6ClN3O5/c12-6-2-1-3-7(15(19)20)10(6)14-5-4-8(16)9(13-14)11(17)18/h1-5H,(H,17,18). The number of nitrogens with zero attached hydrogens (tertiary/aromatic N) is 3. The largest absolute Gasteiger partial charge is 0.476 e. The number of hydrogen-bond donors (Lipinski definition) is 1. The average Bonchev–Trinajstić information content (AvgIpc) is 2.39. The van der Waals surface area contributed by atoms with Crippen molar-refractivity contribution in [3.8, 4) is 5.69 Å². The lowest BCUT2D eigenvalue weighted by Gasteiger charge is -2.08. The zero-order valence-corrected chi connectivity index (χ0v) is 10.4. The third kappa shape index (κ3) is 2.36. The summed E-state index contributed by atoms with van der Waals surface area (Å²) in [6, 6.07) is 4.92. The Balaban J connectivity index is 2.75. The van der Waals surface area contributed by atoms with Crippen molar-refractivity contribution in [3.05, 3.63) is 61.5 Å². The van der Waals surface area contributed by atoms with E-state index in [1.165, 1.54) is 18.2 Å². The molecule has 0 spiro atoms. The van der Waals surface area contributed by atoms with Crippen molar-refractivity contribution in [2.45, 2.75) is 0 Å². The van der Waals surface area contributed by atoms with E-state index in [4.69, 9.17) is 16.7 Å². The molecule has 0 bridgehead atoms. The molecule has 0 atom stereocenters. The van der Waals surface area contributed by atoms with Gasteiger partial charge in [0.25, 0.3) is 5.69 Å². The summed E-state index contributed by atoms with van der Waals surface area (Å²) in [6.07, 6.45) is 1.11. The molecule has 1 aromatic heterocycles. The number of nitro benzene ring substituents is 1. The number of benzene rings is 1. The number of carboxylic acids is 1. The van der Waals surface area contributed by atoms with Crippen LogP contribution in [0.1, 0.15) is 10.5 Å². The first kappa shape index (κ1) is 13.7. The third-order valence-electron chi connectivity index (χ3n) is 2.40. The van der Waals surface area contributed by atoms with E-state index in [-0.39, 0.29) is 16.4 Å². The van der Waals surface area contributed by atoms with Crippen molar-refractivity contribution < 1.29 is 14.8 Å². The van der Waals surface area contributed by atoms with Crippen molar-refractivity contribution in [3.63, 3.8) is 0 Å². The molecule has 1 aromatic carbocycles. The molecule has 0 fully saturated rings. The fraction of sp³-hybridized carbons (Fsp3) is 0. The minimum atomic E-state index is -1.53. The van der Waals surface area contributed by atoms with Gasteiger partial charge < -0.3 is 5.11 Å². The molecule has 0 saturated carbocycles. The van der Waals surface area contributed by atoms with Crippen LogP contribution in [0.2, 0.25) is 5.02 Å². The quantitative estimate of drug-likeness (QED) is 0.677. The molecule has 0 saturated heterocycles. The third-order valence-corrected chi connectivity index (χ3v) is 2.71. The number of aromatic nitrogens is 2. The van der Waals surface area contributed by atoms with Crippen LogP contribution < -0.4 is 5.43 Å². The highest BCUT2D eigenvalue weighted by Crippen LogP contribution is 2.29. The van der Waals surface area contributed by atoms with Crippen LogP contribution in [0.3, 0.4) is 0 Å². The number of rotatable bonds is 3. The fourth-order valence-electron chi connectivity index (χ4n) is 1.56. The first-order valence-electron chi connectivity index (χ1n) is 5.18. The van der Waals surface area contributed by atoms with Gasteiger partial charge in [-0.3, -0.25) is 14.9 Å². The lowest BCUT2D eigenvalue weighted by molar-refractivity contribution is -0.384. The molecule has 0 aliphatic carbocycles. The minimum Gasteiger partial charge on any atom is -0.476 e. The molecule has 1 heterocycles. The first-order valence-corrected chi connectivity index (χ1v) is 5.56. The molecule has 0 aliphatic rings. The monoisotopic (exact) mass is 295 g/mol. The summed E-state index contributed by atoms with van der Waals surface area (Å²) in [5.41, 5.74) is -2.02. The Morgan fingerprint density at radius 1 is 1.40 bits per heavy atom. The number of carbonyl (C=O) groups is 1. The Morgan fingerprint density at radius 3 is 2.70 bits per heavy atom. The predicted molar refractivity (Wildman–Crippen MR) is 68.5 cm³/mol. The molecule has 2 aromatic rings. The molecule has 0 aliphatic heterocycles. The van der Waals surface area contributed by atoms with Gasteiger partial charge in [-0.1, -0.05) is 17.7 Å². The van der Waals surface area contributed by atoms with Crippen molar-refractivity contribution in [2.24, 2.45) is 0 Å². The summed E-state index contributed by atoms with van der Waals surface area (Å²) in [6.45, 7) is 0. The Bertz CT molecular complexity index is 771. The maximum Gasteiger partial charge on any atom is 0.360 e. The highest BCUT2D eigenvalue weighted by Gasteiger charge is 2.20. The van der Waals surface area contributed by atoms with Crippen LogP contribution in [0.4, 0.5) is 5.69 Å². The van der Waals surface area contributed by atoms with Gasteiger partial charge in [0.15, 0.2) is 5.69 Å². The summed E-state index contributed by atoms with van der Waals surface area (Å²) in [5.74, 6) is -1.53. The Kier molecular flexibility index (Phi) is 3.49. The summed E-state index contributed by atoms with van der Waals surface area (Å²) in [7, 11) is 0. The van der Waals surface area contributed by atoms with Gasteiger partial charge in [-0.2, -0.15) is 5.10 Å². The van der Waals surface area contributed by atoms with Crippen LogP contribution >= 0.6 is 11.6 Å². The molecule has 20 heavy (non-hydrogen) atoms. The number of hydrogen-bond acceptors (Lipinski definition) is 5. The number of nitro groups is 1. The second-order valence-corrected chi connectivity index (χ2v) is 4.05. The second-order valence-electron chi connectivity index (χ2n) is 3.64. The minimum absolute atomic E-state index is 0.00619. The lowest BCUT2D eigenvalue weighted by Crippen LogP contribution is -2.20. The van der Waals surface area contributed by atoms with Gasteiger partial charge in [0.2, 0.25) is 11.1 Å². The second kappa shape index (κ2) is 5.10. The van der Waals surface area contributed by atoms with E-state index in [9.17, 15) is 19.7 Å². The van der Waals surface area contributed by atoms with Crippen LogP contribution in [0, 0.1) is 10.1 Å². The Labute approximate surface area is 116 Å². The smallest absolute Gasteiger partial charge is 0.360 e. The molecular weight excluding hydrogens is 290 g/mol. The van der Waals surface area contributed by atoms with Gasteiger partial charge in [0.05, 0.1) is 9.95 Å². The molecule has 2 rings (SSSR count). The van der Waals surface area contributed by atoms with Crippen molar-refractivity contribution in [1.29, 1.82) is 0 Å². The van der Waals surface area contributed by atoms with Crippen molar-refractivity contribution in [1.82, 2.24) is 9.78 Å². The molecule has 0 amide bonds. The van der Waals surface area contributed by atoms with E-state index in [1.807, 2.05) is 0 Å². The van der Waals surface area contributed by atoms with Gasteiger partial charge in [-0.25, -0.2) is 9.48 Å². The van der Waals surface area contributed by atoms with Gasteiger partial charge in [0, 0.05) is 18.3 Å². The summed E-state index contributed by atoms with van der Waals surface area (Å²) >= 11 is 5.89. The number of aromatic carboxylic acids is 1. The average molecular weight is 296 g/mol. The molecule has 0 unspecified atom stereocenters. The van der Waals surface area contributed by atoms with E-state index >= 15 is 0 Å². The fourth-order valence-corrected chi connectivity index (χ4v) is 1.81. The van der Waals surface area contributed by atoms with Crippen molar-refractivity contribution >= 4 is 23.3 Å². The highest BCUT2D eigenvalue weighted by atomic mass is 35.5. The zero-order valence-electron chi connectivity index (χ0n) is 9.69. The molecular formula is C11H6ClN3O5. The summed E-state index contributed by atoms with van der Waals surface area (Å²) in [5, 5.41) is 23.4. The van der Waals surface area contributed by atoms with Gasteiger partial charge >= 0.3 is 5.97 Å². The van der Waals surface area contributed by atoms with Crippen LogP contribution in [-0.2, 0) is 0 Å². The summed E-state index contributed by atoms with van der Waals surface area (Å²) in [4.78, 5) is 32.5. The van der Waals surface area contributed by atoms with Crippen LogP contribution in [0.25, 0.3) is 5.69 Å². The molecule has 9 heteroatoms.